The zero-order chi connectivity index (χ0) is 15.5. The minimum Gasteiger partial charge on any atom is -0.330 e. The van der Waals surface area contributed by atoms with Gasteiger partial charge in [0.05, 0.1) is 4.90 Å². The Labute approximate surface area is 128 Å². The molecule has 6 heteroatoms. The zero-order valence-electron chi connectivity index (χ0n) is 11.5. The lowest BCUT2D eigenvalue weighted by molar-refractivity contribution is 0.599. The first-order valence-electron chi connectivity index (χ1n) is 6.36. The first kappa shape index (κ1) is 16.0. The highest BCUT2D eigenvalue weighted by Crippen LogP contribution is 2.30. The quantitative estimate of drug-likeness (QED) is 0.918. The van der Waals surface area contributed by atoms with Gasteiger partial charge in [-0.1, -0.05) is 17.8 Å². The normalized spacial score (nSPS) is 11.6. The lowest BCUT2D eigenvalue weighted by atomic mass is 10.1. The molecule has 21 heavy (non-hydrogen) atoms. The molecule has 112 valence electrons. The van der Waals surface area contributed by atoms with Crippen molar-refractivity contribution in [3.05, 3.63) is 53.8 Å². The molecule has 2 N–H and O–H groups in total. The topological polar surface area (TPSA) is 60.2 Å². The van der Waals surface area contributed by atoms with E-state index in [0.29, 0.717) is 17.9 Å². The Kier molecular flexibility index (Phi) is 5.03. The number of benzene rings is 2. The lowest BCUT2D eigenvalue weighted by Crippen LogP contribution is -2.02. The molecular formula is C15H16FNO2S2. The molecule has 0 bridgehead atoms. The summed E-state index contributed by atoms with van der Waals surface area (Å²) >= 11 is 1.26. The van der Waals surface area contributed by atoms with Gasteiger partial charge < -0.3 is 5.73 Å². The number of nitrogens with two attached hydrogens (primary N) is 1. The number of hydrogen-bond donors (Lipinski definition) is 1. The van der Waals surface area contributed by atoms with E-state index in [1.54, 1.807) is 18.2 Å². The van der Waals surface area contributed by atoms with E-state index in [1.807, 2.05) is 6.07 Å². The summed E-state index contributed by atoms with van der Waals surface area (Å²) in [5.41, 5.74) is 6.31. The highest BCUT2D eigenvalue weighted by Gasteiger charge is 2.09. The Hall–Kier alpha value is -1.37. The molecule has 0 unspecified atom stereocenters. The molecule has 0 heterocycles. The molecule has 0 radical (unpaired) electrons. The third-order valence-electron chi connectivity index (χ3n) is 2.91. The van der Waals surface area contributed by atoms with E-state index in [4.69, 9.17) is 5.73 Å². The van der Waals surface area contributed by atoms with Crippen LogP contribution in [0.3, 0.4) is 0 Å². The van der Waals surface area contributed by atoms with Crippen molar-refractivity contribution in [2.24, 2.45) is 5.73 Å². The number of halogens is 1. The van der Waals surface area contributed by atoms with Crippen LogP contribution in [0, 0.1) is 5.82 Å². The van der Waals surface area contributed by atoms with Gasteiger partial charge in [0.1, 0.15) is 5.82 Å². The molecule has 0 amide bonds. The fourth-order valence-electron chi connectivity index (χ4n) is 1.83. The second-order valence-electron chi connectivity index (χ2n) is 4.65. The van der Waals surface area contributed by atoms with Crippen molar-refractivity contribution < 1.29 is 12.8 Å². The van der Waals surface area contributed by atoms with Gasteiger partial charge in [-0.2, -0.15) is 0 Å². The van der Waals surface area contributed by atoms with Gasteiger partial charge in [-0.25, -0.2) is 12.8 Å². The summed E-state index contributed by atoms with van der Waals surface area (Å²) in [6.07, 6.45) is 1.80. The molecule has 0 aromatic heterocycles. The summed E-state index contributed by atoms with van der Waals surface area (Å²) < 4.78 is 36.7. The smallest absolute Gasteiger partial charge is 0.175 e. The summed E-state index contributed by atoms with van der Waals surface area (Å²) in [5, 5.41) is 0. The van der Waals surface area contributed by atoms with Crippen LogP contribution in [0.15, 0.2) is 57.2 Å². The van der Waals surface area contributed by atoms with Gasteiger partial charge in [-0.15, -0.1) is 0 Å². The third kappa shape index (κ3) is 4.30. The van der Waals surface area contributed by atoms with Gasteiger partial charge in [0.15, 0.2) is 9.84 Å². The van der Waals surface area contributed by atoms with E-state index >= 15 is 0 Å². The minimum absolute atomic E-state index is 0.255. The molecule has 2 aromatic rings. The summed E-state index contributed by atoms with van der Waals surface area (Å²) in [5.74, 6) is -0.293. The van der Waals surface area contributed by atoms with Gasteiger partial charge in [-0.05, 0) is 54.9 Å². The van der Waals surface area contributed by atoms with Gasteiger partial charge in [-0.3, -0.25) is 0 Å². The largest absolute Gasteiger partial charge is 0.330 e. The Morgan fingerprint density at radius 2 is 1.81 bits per heavy atom. The van der Waals surface area contributed by atoms with E-state index in [0.717, 1.165) is 16.7 Å². The van der Waals surface area contributed by atoms with E-state index in [1.165, 1.54) is 30.0 Å². The van der Waals surface area contributed by atoms with Gasteiger partial charge in [0, 0.05) is 16.0 Å². The van der Waals surface area contributed by atoms with Crippen molar-refractivity contribution >= 4 is 21.6 Å². The number of hydrogen-bond acceptors (Lipinski definition) is 4. The monoisotopic (exact) mass is 325 g/mol. The van der Waals surface area contributed by atoms with E-state index in [-0.39, 0.29) is 10.7 Å². The van der Waals surface area contributed by atoms with Gasteiger partial charge >= 0.3 is 0 Å². The number of rotatable bonds is 5. The van der Waals surface area contributed by atoms with E-state index in [2.05, 4.69) is 0 Å². The lowest BCUT2D eigenvalue weighted by Gasteiger charge is -2.06. The SMILES string of the molecule is CS(=O)(=O)c1ccc(Sc2ccc(CCN)cc2F)cc1. The maximum atomic E-state index is 14.0. The summed E-state index contributed by atoms with van der Waals surface area (Å²) in [6, 6.07) is 11.5. The van der Waals surface area contributed by atoms with Crippen LogP contribution in [0.25, 0.3) is 0 Å². The molecule has 0 aliphatic rings. The van der Waals surface area contributed by atoms with E-state index < -0.39 is 9.84 Å². The maximum absolute atomic E-state index is 14.0. The highest BCUT2D eigenvalue weighted by atomic mass is 32.2. The van der Waals surface area contributed by atoms with Crippen LogP contribution in [0.1, 0.15) is 5.56 Å². The van der Waals surface area contributed by atoms with Crippen molar-refractivity contribution in [3.63, 3.8) is 0 Å². The third-order valence-corrected chi connectivity index (χ3v) is 5.10. The summed E-state index contributed by atoms with van der Waals surface area (Å²) in [7, 11) is -3.21. The second-order valence-corrected chi connectivity index (χ2v) is 7.78. The van der Waals surface area contributed by atoms with Crippen LogP contribution >= 0.6 is 11.8 Å². The van der Waals surface area contributed by atoms with Crippen LogP contribution in [0.4, 0.5) is 4.39 Å². The molecule has 0 aliphatic carbocycles. The first-order chi connectivity index (χ1) is 9.90. The Balaban J connectivity index is 2.18. The van der Waals surface area contributed by atoms with Crippen molar-refractivity contribution in [1.29, 1.82) is 0 Å². The fourth-order valence-corrected chi connectivity index (χ4v) is 3.28. The predicted octanol–water partition coefficient (Wildman–Crippen LogP) is 2.88. The minimum atomic E-state index is -3.21. The molecular weight excluding hydrogens is 309 g/mol. The molecule has 2 rings (SSSR count). The Bertz CT molecular complexity index is 728. The van der Waals surface area contributed by atoms with Crippen molar-refractivity contribution in [1.82, 2.24) is 0 Å². The molecule has 0 saturated heterocycles. The predicted molar refractivity (Wildman–Crippen MR) is 82.8 cm³/mol. The van der Waals surface area contributed by atoms with Crippen LogP contribution in [0.2, 0.25) is 0 Å². The zero-order valence-corrected chi connectivity index (χ0v) is 13.2. The van der Waals surface area contributed by atoms with Gasteiger partial charge in [0.2, 0.25) is 0 Å². The summed E-state index contributed by atoms with van der Waals surface area (Å²) in [6.45, 7) is 0.485. The molecule has 0 fully saturated rings. The fraction of sp³-hybridized carbons (Fsp3) is 0.200. The number of sulfone groups is 1. The first-order valence-corrected chi connectivity index (χ1v) is 9.07. The molecule has 0 saturated carbocycles. The van der Waals surface area contributed by atoms with Crippen LogP contribution in [0.5, 0.6) is 0 Å². The Morgan fingerprint density at radius 1 is 1.14 bits per heavy atom. The average molecular weight is 325 g/mol. The van der Waals surface area contributed by atoms with Crippen molar-refractivity contribution in [2.45, 2.75) is 21.1 Å². The second kappa shape index (κ2) is 6.60. The summed E-state index contributed by atoms with van der Waals surface area (Å²) in [4.78, 5) is 1.54. The van der Waals surface area contributed by atoms with Crippen molar-refractivity contribution in [2.75, 3.05) is 12.8 Å². The molecule has 0 spiro atoms. The standard InChI is InChI=1S/C15H16FNO2S2/c1-21(18,19)13-5-3-12(4-6-13)20-15-7-2-11(8-9-17)10-14(15)16/h2-7,10H,8-9,17H2,1H3. The average Bonchev–Trinajstić information content (AvgIpc) is 2.42. The van der Waals surface area contributed by atoms with Crippen molar-refractivity contribution in [3.8, 4) is 0 Å². The van der Waals surface area contributed by atoms with Crippen LogP contribution in [-0.2, 0) is 16.3 Å². The highest BCUT2D eigenvalue weighted by molar-refractivity contribution is 7.99. The van der Waals surface area contributed by atoms with Gasteiger partial charge in [0.25, 0.3) is 0 Å². The molecule has 0 aliphatic heterocycles. The van der Waals surface area contributed by atoms with E-state index in [9.17, 15) is 12.8 Å². The maximum Gasteiger partial charge on any atom is 0.175 e. The molecule has 0 atom stereocenters. The Morgan fingerprint density at radius 3 is 2.33 bits per heavy atom. The van der Waals surface area contributed by atoms with Crippen LogP contribution < -0.4 is 5.73 Å². The van der Waals surface area contributed by atoms with Crippen LogP contribution in [-0.4, -0.2) is 21.2 Å². The molecule has 2 aromatic carbocycles. The molecule has 3 nitrogen and oxygen atoms in total.